The van der Waals surface area contributed by atoms with Gasteiger partial charge in [-0.1, -0.05) is 6.92 Å². The number of rotatable bonds is 5. The molecule has 0 fully saturated rings. The standard InChI is InChI=1S/C10H17N3O2/c1-4-7(2)11-5-9(14)13-10-12-8(3)6-15-10/h6-7,11H,4-5H2,1-3H3,(H,12,13,14). The number of nitrogens with one attached hydrogen (secondary N) is 2. The van der Waals surface area contributed by atoms with Gasteiger partial charge in [0.05, 0.1) is 12.2 Å². The Hall–Kier alpha value is -1.36. The van der Waals surface area contributed by atoms with Gasteiger partial charge in [-0.25, -0.2) is 0 Å². The van der Waals surface area contributed by atoms with Crippen LogP contribution >= 0.6 is 0 Å². The van der Waals surface area contributed by atoms with Gasteiger partial charge in [0, 0.05) is 6.04 Å². The number of anilines is 1. The Morgan fingerprint density at radius 1 is 1.67 bits per heavy atom. The number of aromatic nitrogens is 1. The van der Waals surface area contributed by atoms with Gasteiger partial charge in [-0.2, -0.15) is 4.98 Å². The average molecular weight is 211 g/mol. The maximum Gasteiger partial charge on any atom is 0.301 e. The predicted octanol–water partition coefficient (Wildman–Crippen LogP) is 1.31. The van der Waals surface area contributed by atoms with Crippen molar-refractivity contribution in [3.8, 4) is 0 Å². The molecule has 0 aromatic carbocycles. The SMILES string of the molecule is CCC(C)NCC(=O)Nc1nc(C)co1. The van der Waals surface area contributed by atoms with Crippen molar-refractivity contribution < 1.29 is 9.21 Å². The number of carbonyl (C=O) groups is 1. The zero-order valence-electron chi connectivity index (χ0n) is 9.33. The fourth-order valence-electron chi connectivity index (χ4n) is 0.986. The molecule has 84 valence electrons. The number of hydrogen-bond acceptors (Lipinski definition) is 4. The largest absolute Gasteiger partial charge is 0.432 e. The Labute approximate surface area is 89.3 Å². The van der Waals surface area contributed by atoms with E-state index in [-0.39, 0.29) is 18.5 Å². The summed E-state index contributed by atoms with van der Waals surface area (Å²) in [5, 5.41) is 5.64. The number of nitrogens with zero attached hydrogens (tertiary/aromatic N) is 1. The van der Waals surface area contributed by atoms with Gasteiger partial charge in [0.1, 0.15) is 6.26 Å². The summed E-state index contributed by atoms with van der Waals surface area (Å²) in [4.78, 5) is 15.3. The summed E-state index contributed by atoms with van der Waals surface area (Å²) in [5.41, 5.74) is 0.750. The third-order valence-corrected chi connectivity index (χ3v) is 2.09. The van der Waals surface area contributed by atoms with E-state index in [9.17, 15) is 4.79 Å². The predicted molar refractivity (Wildman–Crippen MR) is 57.6 cm³/mol. The van der Waals surface area contributed by atoms with Crippen molar-refractivity contribution in [1.29, 1.82) is 0 Å². The minimum atomic E-state index is -0.142. The van der Waals surface area contributed by atoms with Gasteiger partial charge in [-0.3, -0.25) is 10.1 Å². The van der Waals surface area contributed by atoms with E-state index in [1.165, 1.54) is 6.26 Å². The lowest BCUT2D eigenvalue weighted by Gasteiger charge is -2.09. The smallest absolute Gasteiger partial charge is 0.301 e. The Kier molecular flexibility index (Phi) is 4.30. The molecule has 1 rings (SSSR count). The number of aryl methyl sites for hydroxylation is 1. The molecule has 5 heteroatoms. The highest BCUT2D eigenvalue weighted by Crippen LogP contribution is 2.05. The lowest BCUT2D eigenvalue weighted by molar-refractivity contribution is -0.115. The Balaban J connectivity index is 2.30. The summed E-state index contributed by atoms with van der Waals surface area (Å²) in [7, 11) is 0. The first-order chi connectivity index (χ1) is 7.11. The Morgan fingerprint density at radius 3 is 2.93 bits per heavy atom. The molecule has 1 unspecified atom stereocenters. The van der Waals surface area contributed by atoms with Gasteiger partial charge in [0.2, 0.25) is 5.91 Å². The molecular weight excluding hydrogens is 194 g/mol. The minimum Gasteiger partial charge on any atom is -0.432 e. The first kappa shape index (κ1) is 11.7. The van der Waals surface area contributed by atoms with Gasteiger partial charge < -0.3 is 9.73 Å². The Morgan fingerprint density at radius 2 is 2.40 bits per heavy atom. The molecule has 0 bridgehead atoms. The zero-order valence-corrected chi connectivity index (χ0v) is 9.33. The maximum absolute atomic E-state index is 11.4. The van der Waals surface area contributed by atoms with Crippen LogP contribution < -0.4 is 10.6 Å². The van der Waals surface area contributed by atoms with Gasteiger partial charge in [0.25, 0.3) is 0 Å². The molecule has 1 heterocycles. The highest BCUT2D eigenvalue weighted by molar-refractivity contribution is 5.90. The van der Waals surface area contributed by atoms with Crippen LogP contribution in [-0.4, -0.2) is 23.5 Å². The summed E-state index contributed by atoms with van der Waals surface area (Å²) in [6.45, 7) is 6.17. The van der Waals surface area contributed by atoms with Gasteiger partial charge in [-0.15, -0.1) is 0 Å². The lowest BCUT2D eigenvalue weighted by Crippen LogP contribution is -2.34. The first-order valence-corrected chi connectivity index (χ1v) is 5.07. The van der Waals surface area contributed by atoms with Crippen LogP contribution in [0.1, 0.15) is 26.0 Å². The summed E-state index contributed by atoms with van der Waals surface area (Å²) in [6.07, 6.45) is 2.49. The van der Waals surface area contributed by atoms with Crippen molar-refractivity contribution in [1.82, 2.24) is 10.3 Å². The van der Waals surface area contributed by atoms with Crippen LogP contribution in [0.2, 0.25) is 0 Å². The van der Waals surface area contributed by atoms with Crippen LogP contribution in [0.25, 0.3) is 0 Å². The highest BCUT2D eigenvalue weighted by Gasteiger charge is 2.07. The van der Waals surface area contributed by atoms with Gasteiger partial charge in [0.15, 0.2) is 0 Å². The minimum absolute atomic E-state index is 0.142. The monoisotopic (exact) mass is 211 g/mol. The summed E-state index contributed by atoms with van der Waals surface area (Å²) < 4.78 is 5.00. The van der Waals surface area contributed by atoms with Crippen LogP contribution in [0.5, 0.6) is 0 Å². The second-order valence-electron chi connectivity index (χ2n) is 3.53. The molecule has 15 heavy (non-hydrogen) atoms. The van der Waals surface area contributed by atoms with E-state index >= 15 is 0 Å². The molecule has 0 spiro atoms. The first-order valence-electron chi connectivity index (χ1n) is 5.07. The van der Waals surface area contributed by atoms with Crippen molar-refractivity contribution in [2.24, 2.45) is 0 Å². The van der Waals surface area contributed by atoms with Crippen LogP contribution in [0.15, 0.2) is 10.7 Å². The topological polar surface area (TPSA) is 67.2 Å². The van der Waals surface area contributed by atoms with Crippen molar-refractivity contribution in [2.45, 2.75) is 33.2 Å². The highest BCUT2D eigenvalue weighted by atomic mass is 16.4. The molecule has 1 amide bonds. The van der Waals surface area contributed by atoms with Crippen molar-refractivity contribution in [3.05, 3.63) is 12.0 Å². The molecular formula is C10H17N3O2. The molecule has 0 saturated heterocycles. The van der Waals surface area contributed by atoms with Gasteiger partial charge in [-0.05, 0) is 20.3 Å². The average Bonchev–Trinajstić information content (AvgIpc) is 2.60. The summed E-state index contributed by atoms with van der Waals surface area (Å²) >= 11 is 0. The maximum atomic E-state index is 11.4. The van der Waals surface area contributed by atoms with E-state index in [1.807, 2.05) is 6.92 Å². The third-order valence-electron chi connectivity index (χ3n) is 2.09. The van der Waals surface area contributed by atoms with Crippen LogP contribution in [0.3, 0.4) is 0 Å². The second-order valence-corrected chi connectivity index (χ2v) is 3.53. The summed E-state index contributed by atoms with van der Waals surface area (Å²) in [6, 6.07) is 0.588. The normalized spacial score (nSPS) is 12.5. The molecule has 0 radical (unpaired) electrons. The fraction of sp³-hybridized carbons (Fsp3) is 0.600. The molecule has 2 N–H and O–H groups in total. The van der Waals surface area contributed by atoms with E-state index < -0.39 is 0 Å². The molecule has 0 aliphatic rings. The number of amides is 1. The number of hydrogen-bond donors (Lipinski definition) is 2. The van der Waals surface area contributed by atoms with E-state index in [0.29, 0.717) is 6.04 Å². The number of oxazole rings is 1. The van der Waals surface area contributed by atoms with Crippen molar-refractivity contribution in [3.63, 3.8) is 0 Å². The van der Waals surface area contributed by atoms with Gasteiger partial charge >= 0.3 is 6.01 Å². The quantitative estimate of drug-likeness (QED) is 0.770. The molecule has 0 aliphatic carbocycles. The van der Waals surface area contributed by atoms with E-state index in [2.05, 4.69) is 22.5 Å². The molecule has 0 aliphatic heterocycles. The van der Waals surface area contributed by atoms with E-state index in [4.69, 9.17) is 4.42 Å². The van der Waals surface area contributed by atoms with E-state index in [1.54, 1.807) is 6.92 Å². The van der Waals surface area contributed by atoms with E-state index in [0.717, 1.165) is 12.1 Å². The molecule has 0 saturated carbocycles. The molecule has 5 nitrogen and oxygen atoms in total. The molecule has 1 aromatic heterocycles. The van der Waals surface area contributed by atoms with Crippen LogP contribution in [0.4, 0.5) is 6.01 Å². The number of carbonyl (C=O) groups excluding carboxylic acids is 1. The van der Waals surface area contributed by atoms with Crippen molar-refractivity contribution in [2.75, 3.05) is 11.9 Å². The fourth-order valence-corrected chi connectivity index (χ4v) is 0.986. The van der Waals surface area contributed by atoms with Crippen molar-refractivity contribution >= 4 is 11.9 Å². The molecule has 1 atom stereocenters. The molecule has 1 aromatic rings. The zero-order chi connectivity index (χ0) is 11.3. The lowest BCUT2D eigenvalue weighted by atomic mass is 10.2. The Bertz CT molecular complexity index is 322. The van der Waals surface area contributed by atoms with Crippen LogP contribution in [0, 0.1) is 6.92 Å². The summed E-state index contributed by atoms with van der Waals surface area (Å²) in [5.74, 6) is -0.142. The second kappa shape index (κ2) is 5.50. The third kappa shape index (κ3) is 4.12. The van der Waals surface area contributed by atoms with Crippen LogP contribution in [-0.2, 0) is 4.79 Å².